The van der Waals surface area contributed by atoms with E-state index >= 15 is 0 Å². The van der Waals surface area contributed by atoms with Gasteiger partial charge in [0.25, 0.3) is 0 Å². The normalized spacial score (nSPS) is 25.6. The van der Waals surface area contributed by atoms with Crippen LogP contribution in [0.3, 0.4) is 0 Å². The van der Waals surface area contributed by atoms with Crippen LogP contribution in [0.25, 0.3) is 0 Å². The molecule has 0 aliphatic heterocycles. The highest BCUT2D eigenvalue weighted by Crippen LogP contribution is 2.56. The number of rotatable bonds is 3. The number of fused-ring (bicyclic) bond motifs is 3. The van der Waals surface area contributed by atoms with Crippen LogP contribution in [0.5, 0.6) is 11.5 Å². The van der Waals surface area contributed by atoms with Crippen molar-refractivity contribution in [2.75, 3.05) is 7.11 Å². The quantitative estimate of drug-likeness (QED) is 0.845. The lowest BCUT2D eigenvalue weighted by Crippen LogP contribution is -2.41. The van der Waals surface area contributed by atoms with E-state index in [1.165, 1.54) is 0 Å². The first kappa shape index (κ1) is 17.8. The van der Waals surface area contributed by atoms with Crippen molar-refractivity contribution in [2.45, 2.75) is 64.7 Å². The maximum atomic E-state index is 11.5. The minimum atomic E-state index is -0.803. The third kappa shape index (κ3) is 2.54. The van der Waals surface area contributed by atoms with Crippen LogP contribution in [0.1, 0.15) is 69.6 Å². The molecule has 3 rings (SSSR count). The van der Waals surface area contributed by atoms with Gasteiger partial charge in [0.1, 0.15) is 11.5 Å². The fraction of sp³-hybridized carbons (Fsp3) is 0.571. The molecule has 25 heavy (non-hydrogen) atoms. The summed E-state index contributed by atoms with van der Waals surface area (Å²) in [6.45, 7) is 8.33. The molecule has 4 heteroatoms. The van der Waals surface area contributed by atoms with E-state index in [0.29, 0.717) is 17.7 Å². The fourth-order valence-corrected chi connectivity index (χ4v) is 5.12. The molecule has 2 N–H and O–H groups in total. The van der Waals surface area contributed by atoms with Gasteiger partial charge in [0, 0.05) is 27.7 Å². The van der Waals surface area contributed by atoms with Gasteiger partial charge in [-0.05, 0) is 50.5 Å². The lowest BCUT2D eigenvalue weighted by molar-refractivity contribution is -0.133. The smallest absolute Gasteiger partial charge is 0.331 e. The van der Waals surface area contributed by atoms with Gasteiger partial charge in [-0.15, -0.1) is 0 Å². The van der Waals surface area contributed by atoms with Gasteiger partial charge in [0.05, 0.1) is 7.11 Å². The Morgan fingerprint density at radius 3 is 2.60 bits per heavy atom. The molecule has 0 saturated carbocycles. The highest BCUT2D eigenvalue weighted by Gasteiger charge is 2.47. The van der Waals surface area contributed by atoms with Crippen LogP contribution in [0, 0.1) is 5.92 Å². The molecular weight excluding hydrogens is 316 g/mol. The number of methoxy groups -OCH3 is 1. The standard InChI is InChI=1S/C21H28O4/c1-11(2)15-10-17(22)18-14(19(15)25-5)6-7-16-12(3)13(20(23)24)8-9-21(16,18)4/h10-11,16,22H,6-9H2,1-5H3,(H,23,24)/t16-,21+/m1/s1. The molecular formula is C21H28O4. The molecule has 0 spiro atoms. The molecule has 0 unspecified atom stereocenters. The van der Waals surface area contributed by atoms with Gasteiger partial charge in [-0.3, -0.25) is 0 Å². The Hall–Kier alpha value is -1.97. The molecule has 136 valence electrons. The molecule has 2 aliphatic rings. The summed E-state index contributed by atoms with van der Waals surface area (Å²) in [5.41, 5.74) is 4.39. The number of phenolic OH excluding ortho intramolecular Hbond substituents is 1. The zero-order valence-corrected chi connectivity index (χ0v) is 15.8. The summed E-state index contributed by atoms with van der Waals surface area (Å²) in [6, 6.07) is 1.85. The van der Waals surface area contributed by atoms with Crippen molar-refractivity contribution in [2.24, 2.45) is 5.92 Å². The number of ether oxygens (including phenoxy) is 1. The molecule has 2 atom stereocenters. The van der Waals surface area contributed by atoms with E-state index in [4.69, 9.17) is 4.74 Å². The van der Waals surface area contributed by atoms with Crippen molar-refractivity contribution >= 4 is 5.97 Å². The molecule has 0 fully saturated rings. The first-order chi connectivity index (χ1) is 11.7. The number of hydrogen-bond donors (Lipinski definition) is 2. The third-order valence-electron chi connectivity index (χ3n) is 6.39. The average molecular weight is 344 g/mol. The molecule has 0 amide bonds. The van der Waals surface area contributed by atoms with Crippen molar-refractivity contribution < 1.29 is 19.7 Å². The number of aromatic hydroxyl groups is 1. The van der Waals surface area contributed by atoms with Gasteiger partial charge in [-0.25, -0.2) is 4.79 Å². The van der Waals surface area contributed by atoms with Crippen LogP contribution in [0.2, 0.25) is 0 Å². The number of aliphatic carboxylic acids is 1. The number of carboxylic acids is 1. The van der Waals surface area contributed by atoms with E-state index in [1.807, 2.05) is 13.0 Å². The molecule has 0 bridgehead atoms. The molecule has 0 aromatic heterocycles. The van der Waals surface area contributed by atoms with Gasteiger partial charge < -0.3 is 14.9 Å². The van der Waals surface area contributed by atoms with Gasteiger partial charge in [-0.1, -0.05) is 26.3 Å². The van der Waals surface area contributed by atoms with Crippen molar-refractivity contribution in [3.63, 3.8) is 0 Å². The van der Waals surface area contributed by atoms with E-state index in [9.17, 15) is 15.0 Å². The fourth-order valence-electron chi connectivity index (χ4n) is 5.12. The summed E-state index contributed by atoms with van der Waals surface area (Å²) < 4.78 is 5.75. The van der Waals surface area contributed by atoms with E-state index in [1.54, 1.807) is 7.11 Å². The zero-order chi connectivity index (χ0) is 18.5. The number of phenols is 1. The summed E-state index contributed by atoms with van der Waals surface area (Å²) in [5.74, 6) is 0.845. The highest BCUT2D eigenvalue weighted by atomic mass is 16.5. The Morgan fingerprint density at radius 2 is 2.04 bits per heavy atom. The lowest BCUT2D eigenvalue weighted by Gasteiger charge is -2.48. The Kier molecular flexibility index (Phi) is 4.34. The number of carboxylic acid groups (broad SMARTS) is 1. The summed E-state index contributed by atoms with van der Waals surface area (Å²) in [4.78, 5) is 11.5. The first-order valence-electron chi connectivity index (χ1n) is 9.08. The number of benzene rings is 1. The van der Waals surface area contributed by atoms with Crippen molar-refractivity contribution in [3.05, 3.63) is 33.9 Å². The van der Waals surface area contributed by atoms with E-state index in [0.717, 1.165) is 47.3 Å². The van der Waals surface area contributed by atoms with Crippen LogP contribution in [0.4, 0.5) is 0 Å². The SMILES string of the molecule is COc1c(C(C)C)cc(O)c2c1CC[C@@H]1C(C)=C(C(=O)O)CC[C@]21C. The molecule has 0 saturated heterocycles. The highest BCUT2D eigenvalue weighted by molar-refractivity contribution is 5.88. The minimum absolute atomic E-state index is 0.153. The van der Waals surface area contributed by atoms with Crippen molar-refractivity contribution in [1.82, 2.24) is 0 Å². The minimum Gasteiger partial charge on any atom is -0.508 e. The third-order valence-corrected chi connectivity index (χ3v) is 6.39. The summed E-state index contributed by atoms with van der Waals surface area (Å²) in [6.07, 6.45) is 2.98. The van der Waals surface area contributed by atoms with Crippen molar-refractivity contribution in [3.8, 4) is 11.5 Å². The number of allylic oxidation sites excluding steroid dienone is 1. The summed E-state index contributed by atoms with van der Waals surface area (Å²) >= 11 is 0. The Morgan fingerprint density at radius 1 is 1.36 bits per heavy atom. The number of hydrogen-bond acceptors (Lipinski definition) is 3. The average Bonchev–Trinajstić information content (AvgIpc) is 2.53. The maximum Gasteiger partial charge on any atom is 0.331 e. The summed E-state index contributed by atoms with van der Waals surface area (Å²) in [5, 5.41) is 20.4. The maximum absolute atomic E-state index is 11.5. The van der Waals surface area contributed by atoms with Gasteiger partial charge in [-0.2, -0.15) is 0 Å². The molecule has 1 aromatic rings. The van der Waals surface area contributed by atoms with Crippen LogP contribution >= 0.6 is 0 Å². The van der Waals surface area contributed by atoms with Crippen LogP contribution in [-0.4, -0.2) is 23.3 Å². The van der Waals surface area contributed by atoms with E-state index < -0.39 is 5.97 Å². The molecule has 0 heterocycles. The Bertz CT molecular complexity index is 760. The largest absolute Gasteiger partial charge is 0.508 e. The zero-order valence-electron chi connectivity index (χ0n) is 15.8. The summed E-state index contributed by atoms with van der Waals surface area (Å²) in [7, 11) is 1.70. The topological polar surface area (TPSA) is 66.8 Å². The second-order valence-electron chi connectivity index (χ2n) is 8.00. The predicted octanol–water partition coefficient (Wildman–Crippen LogP) is 4.54. The molecule has 2 aliphatic carbocycles. The number of carbonyl (C=O) groups is 1. The van der Waals surface area contributed by atoms with Crippen LogP contribution in [0.15, 0.2) is 17.2 Å². The van der Waals surface area contributed by atoms with Gasteiger partial charge >= 0.3 is 5.97 Å². The van der Waals surface area contributed by atoms with Crippen molar-refractivity contribution in [1.29, 1.82) is 0 Å². The Labute approximate surface area is 149 Å². The van der Waals surface area contributed by atoms with Crippen LogP contribution in [-0.2, 0) is 16.6 Å². The van der Waals surface area contributed by atoms with Crippen LogP contribution < -0.4 is 4.74 Å². The lowest BCUT2D eigenvalue weighted by atomic mass is 9.56. The van der Waals surface area contributed by atoms with Gasteiger partial charge in [0.15, 0.2) is 0 Å². The second kappa shape index (κ2) is 6.08. The first-order valence-corrected chi connectivity index (χ1v) is 9.08. The molecule has 0 radical (unpaired) electrons. The second-order valence-corrected chi connectivity index (χ2v) is 8.00. The van der Waals surface area contributed by atoms with E-state index in [-0.39, 0.29) is 17.3 Å². The monoisotopic (exact) mass is 344 g/mol. The molecule has 1 aromatic carbocycles. The van der Waals surface area contributed by atoms with E-state index in [2.05, 4.69) is 20.8 Å². The van der Waals surface area contributed by atoms with Gasteiger partial charge in [0.2, 0.25) is 0 Å². The Balaban J connectivity index is 2.22. The molecule has 4 nitrogen and oxygen atoms in total. The predicted molar refractivity (Wildman–Crippen MR) is 97.5 cm³/mol.